The van der Waals surface area contributed by atoms with Gasteiger partial charge in [-0.1, -0.05) is 24.0 Å². The van der Waals surface area contributed by atoms with Crippen LogP contribution >= 0.6 is 0 Å². The Morgan fingerprint density at radius 3 is 2.55 bits per heavy atom. The molecule has 0 aliphatic carbocycles. The van der Waals surface area contributed by atoms with Crippen molar-refractivity contribution in [2.24, 2.45) is 0 Å². The van der Waals surface area contributed by atoms with Gasteiger partial charge >= 0.3 is 6.18 Å². The average Bonchev–Trinajstić information content (AvgIpc) is 2.39. The summed E-state index contributed by atoms with van der Waals surface area (Å²) in [7, 11) is 0. The predicted molar refractivity (Wildman–Crippen MR) is 69.9 cm³/mol. The monoisotopic (exact) mass is 287 g/mol. The lowest BCUT2D eigenvalue weighted by molar-refractivity contribution is -0.194. The molecule has 3 nitrogen and oxygen atoms in total. The van der Waals surface area contributed by atoms with Crippen molar-refractivity contribution in [3.8, 4) is 11.8 Å². The van der Waals surface area contributed by atoms with Crippen LogP contribution in [0.15, 0.2) is 24.3 Å². The first kappa shape index (κ1) is 16.3. The fourth-order valence-corrected chi connectivity index (χ4v) is 1.43. The van der Waals surface area contributed by atoms with Crippen molar-refractivity contribution in [2.45, 2.75) is 31.7 Å². The minimum atomic E-state index is -4.73. The second kappa shape index (κ2) is 7.78. The quantitative estimate of drug-likeness (QED) is 0.443. The highest BCUT2D eigenvalue weighted by atomic mass is 19.4. The van der Waals surface area contributed by atoms with Crippen molar-refractivity contribution in [1.82, 2.24) is 0 Å². The predicted octanol–water partition coefficient (Wildman–Crippen LogP) is 2.49. The number of aliphatic hydroxyl groups is 2. The Morgan fingerprint density at radius 1 is 1.20 bits per heavy atom. The van der Waals surface area contributed by atoms with E-state index < -0.39 is 12.4 Å². The fourth-order valence-electron chi connectivity index (χ4n) is 1.43. The molecule has 0 amide bonds. The third kappa shape index (κ3) is 5.51. The van der Waals surface area contributed by atoms with E-state index in [1.807, 2.05) is 5.32 Å². The zero-order valence-corrected chi connectivity index (χ0v) is 10.7. The lowest BCUT2D eigenvalue weighted by Gasteiger charge is -2.17. The number of anilines is 1. The molecule has 0 aliphatic rings. The van der Waals surface area contributed by atoms with Crippen molar-refractivity contribution in [2.75, 3.05) is 11.9 Å². The zero-order chi connectivity index (χ0) is 15.0. The van der Waals surface area contributed by atoms with Gasteiger partial charge in [0.15, 0.2) is 0 Å². The van der Waals surface area contributed by atoms with Gasteiger partial charge in [0.25, 0.3) is 0 Å². The minimum absolute atomic E-state index is 0.0948. The van der Waals surface area contributed by atoms with Crippen LogP contribution < -0.4 is 5.32 Å². The van der Waals surface area contributed by atoms with Crippen LogP contribution in [0.5, 0.6) is 0 Å². The van der Waals surface area contributed by atoms with Crippen LogP contribution in [0, 0.1) is 11.8 Å². The highest BCUT2D eigenvalue weighted by molar-refractivity contribution is 5.59. The Bertz CT molecular complexity index is 477. The van der Waals surface area contributed by atoms with Crippen LogP contribution in [-0.4, -0.2) is 29.2 Å². The summed E-state index contributed by atoms with van der Waals surface area (Å²) in [6.45, 7) is 0.0948. The molecule has 0 spiro atoms. The molecule has 0 saturated carbocycles. The first-order valence-electron chi connectivity index (χ1n) is 6.15. The Labute approximate surface area is 115 Å². The Kier molecular flexibility index (Phi) is 6.36. The largest absolute Gasteiger partial charge is 0.433 e. The highest BCUT2D eigenvalue weighted by Crippen LogP contribution is 2.23. The smallest absolute Gasteiger partial charge is 0.396 e. The maximum Gasteiger partial charge on any atom is 0.433 e. The molecule has 0 radical (unpaired) electrons. The molecule has 1 rings (SSSR count). The van der Waals surface area contributed by atoms with Gasteiger partial charge in [-0.25, -0.2) is 0 Å². The molecule has 0 heterocycles. The number of rotatable bonds is 5. The summed E-state index contributed by atoms with van der Waals surface area (Å²) in [6.07, 6.45) is -5.44. The van der Waals surface area contributed by atoms with E-state index in [1.165, 1.54) is 6.07 Å². The summed E-state index contributed by atoms with van der Waals surface area (Å²) in [5, 5.41) is 19.6. The van der Waals surface area contributed by atoms with Gasteiger partial charge in [0.05, 0.1) is 5.69 Å². The van der Waals surface area contributed by atoms with Crippen molar-refractivity contribution < 1.29 is 23.4 Å². The molecule has 20 heavy (non-hydrogen) atoms. The van der Waals surface area contributed by atoms with Crippen LogP contribution in [0.4, 0.5) is 18.9 Å². The first-order chi connectivity index (χ1) is 9.45. The number of alkyl halides is 3. The van der Waals surface area contributed by atoms with E-state index in [0.29, 0.717) is 18.4 Å². The van der Waals surface area contributed by atoms with Crippen molar-refractivity contribution in [1.29, 1.82) is 0 Å². The lowest BCUT2D eigenvalue weighted by atomic mass is 10.1. The summed E-state index contributed by atoms with van der Waals surface area (Å²) in [4.78, 5) is 0. The van der Waals surface area contributed by atoms with Crippen molar-refractivity contribution >= 4 is 5.69 Å². The number of para-hydroxylation sites is 1. The van der Waals surface area contributed by atoms with Gasteiger partial charge in [0.2, 0.25) is 6.23 Å². The Morgan fingerprint density at radius 2 is 1.90 bits per heavy atom. The van der Waals surface area contributed by atoms with E-state index in [-0.39, 0.29) is 12.3 Å². The van der Waals surface area contributed by atoms with Crippen LogP contribution in [0.25, 0.3) is 0 Å². The van der Waals surface area contributed by atoms with Gasteiger partial charge in [0.1, 0.15) is 0 Å². The molecule has 1 aromatic rings. The van der Waals surface area contributed by atoms with Crippen LogP contribution in [0.3, 0.4) is 0 Å². The van der Waals surface area contributed by atoms with Crippen molar-refractivity contribution in [3.05, 3.63) is 29.8 Å². The molecule has 0 aromatic heterocycles. The number of nitrogens with one attached hydrogen (secondary N) is 1. The van der Waals surface area contributed by atoms with Crippen molar-refractivity contribution in [3.63, 3.8) is 0 Å². The summed E-state index contributed by atoms with van der Waals surface area (Å²) in [5.41, 5.74) is 0.520. The van der Waals surface area contributed by atoms with E-state index >= 15 is 0 Å². The standard InChI is InChI=1S/C14H16F3NO2/c15-14(16,17)13(20)18-12-9-5-4-8-11(12)7-3-1-2-6-10-19/h4-5,8-9,13,18-20H,1-2,6,10H2. The van der Waals surface area contributed by atoms with Crippen LogP contribution in [0.2, 0.25) is 0 Å². The van der Waals surface area contributed by atoms with Gasteiger partial charge in [-0.2, -0.15) is 13.2 Å². The third-order valence-corrected chi connectivity index (χ3v) is 2.46. The van der Waals surface area contributed by atoms with Crippen LogP contribution in [0.1, 0.15) is 24.8 Å². The maximum absolute atomic E-state index is 12.3. The van der Waals surface area contributed by atoms with E-state index in [9.17, 15) is 13.2 Å². The van der Waals surface area contributed by atoms with Gasteiger partial charge in [-0.15, -0.1) is 0 Å². The lowest BCUT2D eigenvalue weighted by Crippen LogP contribution is -2.35. The first-order valence-corrected chi connectivity index (χ1v) is 6.15. The normalized spacial score (nSPS) is 12.4. The number of aliphatic hydroxyl groups excluding tert-OH is 2. The minimum Gasteiger partial charge on any atom is -0.396 e. The van der Waals surface area contributed by atoms with E-state index in [4.69, 9.17) is 10.2 Å². The summed E-state index contributed by atoms with van der Waals surface area (Å²) in [6, 6.07) is 6.21. The Hall–Kier alpha value is -1.71. The number of benzene rings is 1. The number of halogens is 3. The summed E-state index contributed by atoms with van der Waals surface area (Å²) in [5.74, 6) is 5.58. The number of hydrogen-bond donors (Lipinski definition) is 3. The third-order valence-electron chi connectivity index (χ3n) is 2.46. The molecule has 3 N–H and O–H groups in total. The molecule has 0 aliphatic heterocycles. The number of hydrogen-bond acceptors (Lipinski definition) is 3. The van der Waals surface area contributed by atoms with Gasteiger partial charge in [0, 0.05) is 18.6 Å². The van der Waals surface area contributed by atoms with Gasteiger partial charge < -0.3 is 15.5 Å². The molecule has 6 heteroatoms. The summed E-state index contributed by atoms with van der Waals surface area (Å²) < 4.78 is 36.9. The molecule has 1 atom stereocenters. The molecule has 0 fully saturated rings. The highest BCUT2D eigenvalue weighted by Gasteiger charge is 2.38. The molecule has 110 valence electrons. The number of unbranched alkanes of at least 4 members (excludes halogenated alkanes) is 2. The Balaban J connectivity index is 2.73. The average molecular weight is 287 g/mol. The van der Waals surface area contributed by atoms with E-state index in [0.717, 1.165) is 6.42 Å². The van der Waals surface area contributed by atoms with Gasteiger partial charge in [-0.05, 0) is 25.0 Å². The SMILES string of the molecule is OCCCCC#Cc1ccccc1NC(O)C(F)(F)F. The molecule has 0 saturated heterocycles. The molecule has 1 aromatic carbocycles. The maximum atomic E-state index is 12.3. The second-order valence-corrected chi connectivity index (χ2v) is 4.12. The molecular formula is C14H16F3NO2. The fraction of sp³-hybridized carbons (Fsp3) is 0.429. The molecule has 0 bridgehead atoms. The van der Waals surface area contributed by atoms with E-state index in [2.05, 4.69) is 11.8 Å². The zero-order valence-electron chi connectivity index (χ0n) is 10.7. The summed E-state index contributed by atoms with van der Waals surface area (Å²) >= 11 is 0. The molecular weight excluding hydrogens is 271 g/mol. The van der Waals surface area contributed by atoms with E-state index in [1.54, 1.807) is 18.2 Å². The molecule has 1 unspecified atom stereocenters. The topological polar surface area (TPSA) is 52.5 Å². The van der Waals surface area contributed by atoms with Gasteiger partial charge in [-0.3, -0.25) is 0 Å². The second-order valence-electron chi connectivity index (χ2n) is 4.12. The van der Waals surface area contributed by atoms with Crippen LogP contribution in [-0.2, 0) is 0 Å².